The van der Waals surface area contributed by atoms with Gasteiger partial charge < -0.3 is 4.74 Å². The molecular formula is C15H22O. The van der Waals surface area contributed by atoms with Crippen LogP contribution >= 0.6 is 0 Å². The van der Waals surface area contributed by atoms with Crippen molar-refractivity contribution in [2.24, 2.45) is 5.92 Å². The van der Waals surface area contributed by atoms with Crippen molar-refractivity contribution in [2.45, 2.75) is 46.5 Å². The second-order valence-corrected chi connectivity index (χ2v) is 5.39. The summed E-state index contributed by atoms with van der Waals surface area (Å²) in [6.07, 6.45) is 2.70. The number of rotatable bonds is 4. The maximum absolute atomic E-state index is 5.93. The minimum absolute atomic E-state index is 0.592. The predicted molar refractivity (Wildman–Crippen MR) is 68.2 cm³/mol. The Bertz CT molecular complexity index is 352. The molecule has 1 heteroatoms. The average molecular weight is 218 g/mol. The number of benzene rings is 1. The molecule has 0 unspecified atom stereocenters. The molecule has 0 amide bonds. The molecular weight excluding hydrogens is 196 g/mol. The van der Waals surface area contributed by atoms with Crippen LogP contribution in [0.2, 0.25) is 0 Å². The van der Waals surface area contributed by atoms with Crippen LogP contribution in [0.3, 0.4) is 0 Å². The standard InChI is InChI=1S/C15H22O/c1-10(2)14-7-11(3)15(12(4)8-14)16-9-13-5-6-13/h7-8,10,13H,5-6,9H2,1-4H3. The van der Waals surface area contributed by atoms with Crippen LogP contribution in [0.15, 0.2) is 12.1 Å². The van der Waals surface area contributed by atoms with Gasteiger partial charge in [-0.25, -0.2) is 0 Å². The van der Waals surface area contributed by atoms with Gasteiger partial charge in [0.2, 0.25) is 0 Å². The summed E-state index contributed by atoms with van der Waals surface area (Å²) in [6.45, 7) is 9.68. The molecule has 0 aliphatic heterocycles. The third-order valence-electron chi connectivity index (χ3n) is 3.31. The lowest BCUT2D eigenvalue weighted by atomic mass is 9.98. The second kappa shape index (κ2) is 4.48. The third kappa shape index (κ3) is 2.58. The summed E-state index contributed by atoms with van der Waals surface area (Å²) in [7, 11) is 0. The quantitative estimate of drug-likeness (QED) is 0.735. The molecule has 88 valence electrons. The van der Waals surface area contributed by atoms with Gasteiger partial charge in [-0.1, -0.05) is 26.0 Å². The Hall–Kier alpha value is -0.980. The van der Waals surface area contributed by atoms with Crippen LogP contribution in [0.5, 0.6) is 5.75 Å². The van der Waals surface area contributed by atoms with Gasteiger partial charge in [0.1, 0.15) is 5.75 Å². The fourth-order valence-corrected chi connectivity index (χ4v) is 2.03. The highest BCUT2D eigenvalue weighted by Gasteiger charge is 2.22. The molecule has 1 nitrogen and oxygen atoms in total. The Balaban J connectivity index is 2.16. The minimum Gasteiger partial charge on any atom is -0.493 e. The van der Waals surface area contributed by atoms with E-state index >= 15 is 0 Å². The Kier molecular flexibility index (Phi) is 3.22. The molecule has 16 heavy (non-hydrogen) atoms. The van der Waals surface area contributed by atoms with Crippen LogP contribution in [0.1, 0.15) is 49.3 Å². The first kappa shape index (κ1) is 11.5. The summed E-state index contributed by atoms with van der Waals surface area (Å²) in [4.78, 5) is 0. The van der Waals surface area contributed by atoms with Crippen molar-refractivity contribution >= 4 is 0 Å². The first-order valence-electron chi connectivity index (χ1n) is 6.32. The molecule has 0 saturated heterocycles. The van der Waals surface area contributed by atoms with Gasteiger partial charge in [-0.15, -0.1) is 0 Å². The first-order valence-corrected chi connectivity index (χ1v) is 6.32. The van der Waals surface area contributed by atoms with Crippen LogP contribution in [-0.2, 0) is 0 Å². The summed E-state index contributed by atoms with van der Waals surface area (Å²) < 4.78 is 5.93. The molecule has 2 rings (SSSR count). The normalized spacial score (nSPS) is 15.6. The van der Waals surface area contributed by atoms with Gasteiger partial charge in [0.05, 0.1) is 6.61 Å². The topological polar surface area (TPSA) is 9.23 Å². The highest BCUT2D eigenvalue weighted by molar-refractivity contribution is 5.44. The summed E-state index contributed by atoms with van der Waals surface area (Å²) in [5.74, 6) is 2.52. The molecule has 0 atom stereocenters. The molecule has 1 aliphatic carbocycles. The molecule has 1 aliphatic rings. The van der Waals surface area contributed by atoms with Crippen LogP contribution in [-0.4, -0.2) is 6.61 Å². The van der Waals surface area contributed by atoms with E-state index in [4.69, 9.17) is 4.74 Å². The fourth-order valence-electron chi connectivity index (χ4n) is 2.03. The lowest BCUT2D eigenvalue weighted by Crippen LogP contribution is -2.03. The van der Waals surface area contributed by atoms with Crippen molar-refractivity contribution in [1.82, 2.24) is 0 Å². The van der Waals surface area contributed by atoms with Crippen LogP contribution in [0, 0.1) is 19.8 Å². The van der Waals surface area contributed by atoms with Gasteiger partial charge in [-0.3, -0.25) is 0 Å². The molecule has 1 fully saturated rings. The lowest BCUT2D eigenvalue weighted by molar-refractivity contribution is 0.296. The third-order valence-corrected chi connectivity index (χ3v) is 3.31. The molecule has 1 saturated carbocycles. The van der Waals surface area contributed by atoms with E-state index in [-0.39, 0.29) is 0 Å². The van der Waals surface area contributed by atoms with Crippen molar-refractivity contribution in [3.63, 3.8) is 0 Å². The average Bonchev–Trinajstić information content (AvgIpc) is 2.99. The molecule has 0 aromatic heterocycles. The Morgan fingerprint density at radius 1 is 1.19 bits per heavy atom. The molecule has 0 bridgehead atoms. The monoisotopic (exact) mass is 218 g/mol. The van der Waals surface area contributed by atoms with Crippen molar-refractivity contribution < 1.29 is 4.74 Å². The number of hydrogen-bond donors (Lipinski definition) is 0. The van der Waals surface area contributed by atoms with Crippen LogP contribution in [0.25, 0.3) is 0 Å². The van der Waals surface area contributed by atoms with Gasteiger partial charge in [-0.2, -0.15) is 0 Å². The van der Waals surface area contributed by atoms with Gasteiger partial charge in [-0.05, 0) is 55.2 Å². The molecule has 0 N–H and O–H groups in total. The van der Waals surface area contributed by atoms with E-state index in [1.54, 1.807) is 0 Å². The summed E-state index contributed by atoms with van der Waals surface area (Å²) in [5, 5.41) is 0. The molecule has 1 aromatic carbocycles. The van der Waals surface area contributed by atoms with Gasteiger partial charge in [0.15, 0.2) is 0 Å². The summed E-state index contributed by atoms with van der Waals surface area (Å²) >= 11 is 0. The smallest absolute Gasteiger partial charge is 0.125 e. The highest BCUT2D eigenvalue weighted by Crippen LogP contribution is 2.32. The zero-order chi connectivity index (χ0) is 11.7. The molecule has 1 aromatic rings. The van der Waals surface area contributed by atoms with Crippen molar-refractivity contribution in [2.75, 3.05) is 6.61 Å². The van der Waals surface area contributed by atoms with Crippen molar-refractivity contribution in [1.29, 1.82) is 0 Å². The van der Waals surface area contributed by atoms with Gasteiger partial charge in [0, 0.05) is 0 Å². The molecule has 0 radical (unpaired) electrons. The first-order chi connectivity index (χ1) is 7.58. The van der Waals surface area contributed by atoms with E-state index < -0.39 is 0 Å². The maximum Gasteiger partial charge on any atom is 0.125 e. The summed E-state index contributed by atoms with van der Waals surface area (Å²) in [6, 6.07) is 4.53. The van der Waals surface area contributed by atoms with E-state index in [9.17, 15) is 0 Å². The maximum atomic E-state index is 5.93. The van der Waals surface area contributed by atoms with Crippen molar-refractivity contribution in [3.05, 3.63) is 28.8 Å². The number of hydrogen-bond acceptors (Lipinski definition) is 1. The Morgan fingerprint density at radius 3 is 2.19 bits per heavy atom. The zero-order valence-electron chi connectivity index (χ0n) is 10.8. The van der Waals surface area contributed by atoms with E-state index in [1.165, 1.54) is 29.5 Å². The molecule has 0 heterocycles. The molecule has 0 spiro atoms. The number of aryl methyl sites for hydroxylation is 2. The number of ether oxygens (including phenoxy) is 1. The Labute approximate surface area is 98.8 Å². The predicted octanol–water partition coefficient (Wildman–Crippen LogP) is 4.22. The van der Waals surface area contributed by atoms with E-state index in [0.29, 0.717) is 5.92 Å². The largest absolute Gasteiger partial charge is 0.493 e. The van der Waals surface area contributed by atoms with E-state index in [1.807, 2.05) is 0 Å². The van der Waals surface area contributed by atoms with Crippen molar-refractivity contribution in [3.8, 4) is 5.75 Å². The van der Waals surface area contributed by atoms with E-state index in [2.05, 4.69) is 39.8 Å². The Morgan fingerprint density at radius 2 is 1.75 bits per heavy atom. The van der Waals surface area contributed by atoms with Gasteiger partial charge >= 0.3 is 0 Å². The summed E-state index contributed by atoms with van der Waals surface area (Å²) in [5.41, 5.74) is 3.97. The van der Waals surface area contributed by atoms with Crippen LogP contribution < -0.4 is 4.74 Å². The second-order valence-electron chi connectivity index (χ2n) is 5.39. The van der Waals surface area contributed by atoms with Gasteiger partial charge in [0.25, 0.3) is 0 Å². The highest BCUT2D eigenvalue weighted by atomic mass is 16.5. The zero-order valence-corrected chi connectivity index (χ0v) is 10.8. The fraction of sp³-hybridized carbons (Fsp3) is 0.600. The van der Waals surface area contributed by atoms with Crippen LogP contribution in [0.4, 0.5) is 0 Å². The SMILES string of the molecule is Cc1cc(C(C)C)cc(C)c1OCC1CC1. The lowest BCUT2D eigenvalue weighted by Gasteiger charge is -2.15. The minimum atomic E-state index is 0.592. The van der Waals surface area contributed by atoms with E-state index in [0.717, 1.165) is 18.3 Å².